The zero-order chi connectivity index (χ0) is 12.8. The van der Waals surface area contributed by atoms with Crippen LogP contribution in [0.15, 0.2) is 18.5 Å². The molecule has 0 aliphatic rings. The molecule has 1 rings (SSSR count). The van der Waals surface area contributed by atoms with Gasteiger partial charge in [-0.3, -0.25) is 4.98 Å². The van der Waals surface area contributed by atoms with E-state index >= 15 is 0 Å². The Morgan fingerprint density at radius 3 is 2.59 bits per heavy atom. The van der Waals surface area contributed by atoms with Gasteiger partial charge >= 0.3 is 0 Å². The second-order valence-electron chi connectivity index (χ2n) is 5.30. The molecule has 0 aliphatic heterocycles. The summed E-state index contributed by atoms with van der Waals surface area (Å²) in [5.74, 6) is 0.634. The molecular weight excluding hydrogens is 210 g/mol. The standard InChI is InChI=1S/C14H25N3/c1-11(2)14(10-17(4)5)16-9-13-8-15-7-6-12(13)3/h6-8,11,14,16H,9-10H2,1-5H3. The first-order valence-electron chi connectivity index (χ1n) is 6.28. The summed E-state index contributed by atoms with van der Waals surface area (Å²) in [5, 5.41) is 3.63. The maximum Gasteiger partial charge on any atom is 0.0315 e. The molecular formula is C14H25N3. The molecule has 1 heterocycles. The molecule has 0 amide bonds. The van der Waals surface area contributed by atoms with Crippen molar-refractivity contribution in [1.29, 1.82) is 0 Å². The van der Waals surface area contributed by atoms with Crippen molar-refractivity contribution in [3.63, 3.8) is 0 Å². The molecule has 1 atom stereocenters. The minimum atomic E-state index is 0.518. The predicted molar refractivity (Wildman–Crippen MR) is 73.0 cm³/mol. The van der Waals surface area contributed by atoms with E-state index in [4.69, 9.17) is 0 Å². The van der Waals surface area contributed by atoms with Crippen LogP contribution < -0.4 is 5.32 Å². The molecule has 0 fully saturated rings. The molecule has 0 saturated heterocycles. The van der Waals surface area contributed by atoms with E-state index in [9.17, 15) is 0 Å². The summed E-state index contributed by atoms with van der Waals surface area (Å²) in [7, 11) is 4.23. The Morgan fingerprint density at radius 2 is 2.06 bits per heavy atom. The molecule has 1 unspecified atom stereocenters. The Morgan fingerprint density at radius 1 is 1.35 bits per heavy atom. The van der Waals surface area contributed by atoms with Crippen molar-refractivity contribution in [2.75, 3.05) is 20.6 Å². The quantitative estimate of drug-likeness (QED) is 0.818. The molecule has 1 aromatic heterocycles. The van der Waals surface area contributed by atoms with Crippen LogP contribution in [0, 0.1) is 12.8 Å². The van der Waals surface area contributed by atoms with Crippen LogP contribution in [-0.2, 0) is 6.54 Å². The lowest BCUT2D eigenvalue weighted by Gasteiger charge is -2.26. The average Bonchev–Trinajstić information content (AvgIpc) is 2.25. The summed E-state index contributed by atoms with van der Waals surface area (Å²) in [5.41, 5.74) is 2.59. The van der Waals surface area contributed by atoms with Gasteiger partial charge in [-0.15, -0.1) is 0 Å². The van der Waals surface area contributed by atoms with Crippen LogP contribution in [0.3, 0.4) is 0 Å². The van der Waals surface area contributed by atoms with E-state index in [0.29, 0.717) is 12.0 Å². The van der Waals surface area contributed by atoms with Gasteiger partial charge in [0.25, 0.3) is 0 Å². The summed E-state index contributed by atoms with van der Waals surface area (Å²) in [6, 6.07) is 2.58. The van der Waals surface area contributed by atoms with Crippen LogP contribution in [0.25, 0.3) is 0 Å². The molecule has 96 valence electrons. The summed E-state index contributed by atoms with van der Waals surface area (Å²) >= 11 is 0. The van der Waals surface area contributed by atoms with Crippen molar-refractivity contribution < 1.29 is 0 Å². The van der Waals surface area contributed by atoms with Gasteiger partial charge in [-0.2, -0.15) is 0 Å². The second kappa shape index (κ2) is 6.72. The van der Waals surface area contributed by atoms with Crippen LogP contribution in [0.5, 0.6) is 0 Å². The molecule has 3 heteroatoms. The molecule has 1 N–H and O–H groups in total. The lowest BCUT2D eigenvalue weighted by molar-refractivity contribution is 0.288. The highest BCUT2D eigenvalue weighted by Gasteiger charge is 2.13. The van der Waals surface area contributed by atoms with Crippen molar-refractivity contribution in [3.8, 4) is 0 Å². The fourth-order valence-electron chi connectivity index (χ4n) is 1.83. The highest BCUT2D eigenvalue weighted by Crippen LogP contribution is 2.08. The Hall–Kier alpha value is -0.930. The Labute approximate surface area is 105 Å². The first kappa shape index (κ1) is 14.1. The Balaban J connectivity index is 2.55. The van der Waals surface area contributed by atoms with Gasteiger partial charge in [-0.25, -0.2) is 0 Å². The smallest absolute Gasteiger partial charge is 0.0315 e. The first-order valence-corrected chi connectivity index (χ1v) is 6.28. The number of hydrogen-bond acceptors (Lipinski definition) is 3. The van der Waals surface area contributed by atoms with E-state index in [2.05, 4.69) is 56.1 Å². The largest absolute Gasteiger partial charge is 0.308 e. The summed E-state index contributed by atoms with van der Waals surface area (Å²) < 4.78 is 0. The monoisotopic (exact) mass is 235 g/mol. The van der Waals surface area contributed by atoms with Gasteiger partial charge in [0.1, 0.15) is 0 Å². The molecule has 0 aliphatic carbocycles. The number of hydrogen-bond donors (Lipinski definition) is 1. The summed E-state index contributed by atoms with van der Waals surface area (Å²) in [6.45, 7) is 8.62. The van der Waals surface area contributed by atoms with Crippen LogP contribution in [0.1, 0.15) is 25.0 Å². The van der Waals surface area contributed by atoms with Gasteiger partial charge < -0.3 is 10.2 Å². The molecule has 0 saturated carbocycles. The molecule has 0 radical (unpaired) electrons. The molecule has 3 nitrogen and oxygen atoms in total. The second-order valence-corrected chi connectivity index (χ2v) is 5.30. The van der Waals surface area contributed by atoms with Gasteiger partial charge in [0, 0.05) is 31.5 Å². The third kappa shape index (κ3) is 4.84. The average molecular weight is 235 g/mol. The zero-order valence-electron chi connectivity index (χ0n) is 11.7. The van der Waals surface area contributed by atoms with Crippen LogP contribution >= 0.6 is 0 Å². The van der Waals surface area contributed by atoms with E-state index in [-0.39, 0.29) is 0 Å². The van der Waals surface area contributed by atoms with E-state index in [0.717, 1.165) is 13.1 Å². The van der Waals surface area contributed by atoms with Crippen molar-refractivity contribution >= 4 is 0 Å². The highest BCUT2D eigenvalue weighted by molar-refractivity contribution is 5.21. The third-order valence-corrected chi connectivity index (χ3v) is 3.07. The lowest BCUT2D eigenvalue weighted by atomic mass is 10.0. The fraction of sp³-hybridized carbons (Fsp3) is 0.643. The molecule has 1 aromatic rings. The van der Waals surface area contributed by atoms with Gasteiger partial charge in [-0.05, 0) is 44.1 Å². The van der Waals surface area contributed by atoms with Gasteiger partial charge in [0.05, 0.1) is 0 Å². The summed E-state index contributed by atoms with van der Waals surface area (Å²) in [6.07, 6.45) is 3.80. The van der Waals surface area contributed by atoms with Gasteiger partial charge in [0.15, 0.2) is 0 Å². The first-order chi connectivity index (χ1) is 8.00. The molecule has 17 heavy (non-hydrogen) atoms. The van der Waals surface area contributed by atoms with E-state index < -0.39 is 0 Å². The number of pyridine rings is 1. The van der Waals surface area contributed by atoms with Crippen molar-refractivity contribution in [3.05, 3.63) is 29.6 Å². The Bertz CT molecular complexity index is 334. The zero-order valence-corrected chi connectivity index (χ0v) is 11.7. The van der Waals surface area contributed by atoms with E-state index in [1.807, 2.05) is 12.4 Å². The minimum absolute atomic E-state index is 0.518. The number of aryl methyl sites for hydroxylation is 1. The number of nitrogens with zero attached hydrogens (tertiary/aromatic N) is 2. The normalized spacial score (nSPS) is 13.4. The molecule has 0 aromatic carbocycles. The number of nitrogens with one attached hydrogen (secondary N) is 1. The number of rotatable bonds is 6. The SMILES string of the molecule is Cc1ccncc1CNC(CN(C)C)C(C)C. The molecule has 0 spiro atoms. The summed E-state index contributed by atoms with van der Waals surface area (Å²) in [4.78, 5) is 6.41. The van der Waals surface area contributed by atoms with Crippen molar-refractivity contribution in [2.45, 2.75) is 33.4 Å². The fourth-order valence-corrected chi connectivity index (χ4v) is 1.83. The lowest BCUT2D eigenvalue weighted by Crippen LogP contribution is -2.41. The van der Waals surface area contributed by atoms with Crippen LogP contribution in [-0.4, -0.2) is 36.6 Å². The topological polar surface area (TPSA) is 28.2 Å². The molecule has 0 bridgehead atoms. The maximum atomic E-state index is 4.18. The van der Waals surface area contributed by atoms with Crippen LogP contribution in [0.4, 0.5) is 0 Å². The Kier molecular flexibility index (Phi) is 5.59. The third-order valence-electron chi connectivity index (χ3n) is 3.07. The number of likely N-dealkylation sites (N-methyl/N-ethyl adjacent to an activating group) is 1. The van der Waals surface area contributed by atoms with E-state index in [1.165, 1.54) is 11.1 Å². The van der Waals surface area contributed by atoms with Crippen molar-refractivity contribution in [2.24, 2.45) is 5.92 Å². The maximum absolute atomic E-state index is 4.18. The van der Waals surface area contributed by atoms with Crippen molar-refractivity contribution in [1.82, 2.24) is 15.2 Å². The van der Waals surface area contributed by atoms with Gasteiger partial charge in [0.2, 0.25) is 0 Å². The van der Waals surface area contributed by atoms with Crippen LogP contribution in [0.2, 0.25) is 0 Å². The highest BCUT2D eigenvalue weighted by atomic mass is 15.1. The predicted octanol–water partition coefficient (Wildman–Crippen LogP) is 2.07. The van der Waals surface area contributed by atoms with Gasteiger partial charge in [-0.1, -0.05) is 13.8 Å². The number of aromatic nitrogens is 1. The minimum Gasteiger partial charge on any atom is -0.308 e. The van der Waals surface area contributed by atoms with E-state index in [1.54, 1.807) is 0 Å².